The van der Waals surface area contributed by atoms with E-state index < -0.39 is 24.2 Å². The molecule has 1 aliphatic rings. The quantitative estimate of drug-likeness (QED) is 0.183. The second-order valence-electron chi connectivity index (χ2n) is 10.9. The van der Waals surface area contributed by atoms with Crippen molar-refractivity contribution in [2.24, 2.45) is 5.92 Å². The molecule has 0 unspecified atom stereocenters. The molecule has 230 valence electrons. The Morgan fingerprint density at radius 3 is 2.21 bits per heavy atom. The predicted octanol–water partition coefficient (Wildman–Crippen LogP) is 2.80. The number of nitrogens with one attached hydrogen (secondary N) is 3. The van der Waals surface area contributed by atoms with Gasteiger partial charge in [0.25, 0.3) is 0 Å². The van der Waals surface area contributed by atoms with Gasteiger partial charge in [-0.25, -0.2) is 4.79 Å². The fourth-order valence-electron chi connectivity index (χ4n) is 5.36. The Balaban J connectivity index is 1.33. The van der Waals surface area contributed by atoms with Crippen LogP contribution in [0.4, 0.5) is 10.5 Å². The summed E-state index contributed by atoms with van der Waals surface area (Å²) in [7, 11) is 2.01. The molecular weight excluding hydrogens is 546 g/mol. The molecule has 10 nitrogen and oxygen atoms in total. The monoisotopic (exact) mass is 589 g/mol. The van der Waals surface area contributed by atoms with Crippen LogP contribution in [-0.4, -0.2) is 72.2 Å². The van der Waals surface area contributed by atoms with Crippen molar-refractivity contribution in [1.29, 1.82) is 0 Å². The number of aliphatic hydroxyl groups is 2. The summed E-state index contributed by atoms with van der Waals surface area (Å²) in [5.74, 6) is -0.854. The maximum atomic E-state index is 13.5. The summed E-state index contributed by atoms with van der Waals surface area (Å²) in [6.45, 7) is 3.55. The Morgan fingerprint density at radius 2 is 1.53 bits per heavy atom. The van der Waals surface area contributed by atoms with Gasteiger partial charge in [0.1, 0.15) is 12.1 Å². The van der Waals surface area contributed by atoms with Crippen molar-refractivity contribution in [3.8, 4) is 0 Å². The molecule has 3 aromatic rings. The molecule has 4 atom stereocenters. The topological polar surface area (TPSA) is 126 Å². The Hall–Kier alpha value is -3.96. The third-order valence-corrected chi connectivity index (χ3v) is 7.63. The number of nitrogens with zero attached hydrogens (tertiary/aromatic N) is 2. The first-order chi connectivity index (χ1) is 20.9. The van der Waals surface area contributed by atoms with Crippen LogP contribution in [0.25, 0.3) is 0 Å². The molecule has 0 aromatic heterocycles. The molecule has 1 saturated heterocycles. The highest BCUT2D eigenvalue weighted by Crippen LogP contribution is 2.32. The number of carbonyl (C=O) groups excluding carboxylic acids is 2. The number of hydrogen-bond donors (Lipinski definition) is 5. The first-order valence-corrected chi connectivity index (χ1v) is 14.8. The van der Waals surface area contributed by atoms with Gasteiger partial charge in [-0.2, -0.15) is 5.06 Å². The van der Waals surface area contributed by atoms with Crippen LogP contribution in [-0.2, 0) is 29.3 Å². The minimum atomic E-state index is -0.868. The lowest BCUT2D eigenvalue weighted by atomic mass is 9.89. The summed E-state index contributed by atoms with van der Waals surface area (Å²) >= 11 is 0. The van der Waals surface area contributed by atoms with Crippen LogP contribution < -0.4 is 20.9 Å². The van der Waals surface area contributed by atoms with Crippen molar-refractivity contribution in [3.05, 3.63) is 102 Å². The van der Waals surface area contributed by atoms with E-state index in [1.807, 2.05) is 92.0 Å². The third kappa shape index (κ3) is 9.26. The second kappa shape index (κ2) is 16.0. The van der Waals surface area contributed by atoms with Gasteiger partial charge in [0.15, 0.2) is 0 Å². The summed E-state index contributed by atoms with van der Waals surface area (Å²) in [6.07, 6.45) is -0.841. The number of urea groups is 1. The van der Waals surface area contributed by atoms with Crippen LogP contribution in [0, 0.1) is 5.92 Å². The molecule has 0 bridgehead atoms. The average molecular weight is 590 g/mol. The van der Waals surface area contributed by atoms with E-state index in [2.05, 4.69) is 20.9 Å². The summed E-state index contributed by atoms with van der Waals surface area (Å²) in [4.78, 5) is 33.9. The van der Waals surface area contributed by atoms with Crippen molar-refractivity contribution < 1.29 is 24.6 Å². The Kier molecular flexibility index (Phi) is 11.9. The molecule has 5 N–H and O–H groups in total. The van der Waals surface area contributed by atoms with E-state index in [0.29, 0.717) is 19.6 Å². The number of hydroxylamine groups is 2. The second-order valence-corrected chi connectivity index (χ2v) is 10.9. The molecule has 0 spiro atoms. The lowest BCUT2D eigenvalue weighted by molar-refractivity contribution is -0.181. The van der Waals surface area contributed by atoms with Crippen LogP contribution in [0.15, 0.2) is 84.9 Å². The van der Waals surface area contributed by atoms with Crippen molar-refractivity contribution in [3.63, 3.8) is 0 Å². The molecule has 3 aromatic carbocycles. The van der Waals surface area contributed by atoms with Gasteiger partial charge in [-0.3, -0.25) is 9.63 Å². The molecule has 1 heterocycles. The fourth-order valence-corrected chi connectivity index (χ4v) is 5.36. The summed E-state index contributed by atoms with van der Waals surface area (Å²) in [6, 6.07) is 26.3. The molecule has 0 saturated carbocycles. The van der Waals surface area contributed by atoms with Crippen molar-refractivity contribution in [2.75, 3.05) is 31.6 Å². The number of para-hydroxylation sites is 1. The Morgan fingerprint density at radius 1 is 0.907 bits per heavy atom. The van der Waals surface area contributed by atoms with Crippen LogP contribution in [0.1, 0.15) is 30.0 Å². The molecule has 4 rings (SSSR count). The Bertz CT molecular complexity index is 1290. The number of amides is 3. The smallest absolute Gasteiger partial charge is 0.315 e. The molecular formula is C33H43N5O5. The highest BCUT2D eigenvalue weighted by Gasteiger charge is 2.49. The summed E-state index contributed by atoms with van der Waals surface area (Å²) < 4.78 is 0. The first-order valence-electron chi connectivity index (χ1n) is 14.8. The van der Waals surface area contributed by atoms with E-state index in [1.54, 1.807) is 12.0 Å². The van der Waals surface area contributed by atoms with Gasteiger partial charge in [0, 0.05) is 44.8 Å². The van der Waals surface area contributed by atoms with Gasteiger partial charge in [0.05, 0.1) is 19.3 Å². The number of hydrogen-bond acceptors (Lipinski definition) is 7. The molecule has 10 heteroatoms. The SMILES string of the molecule is C[C@@H](O)[C@H]1[C@@H](CO)ON(Cc2cccc(CNC(=O)NCc3ccccc3)c2)[C@H]1C(=O)NCCCN(C)c1ccccc1. The van der Waals surface area contributed by atoms with Crippen LogP contribution in [0.5, 0.6) is 0 Å². The van der Waals surface area contributed by atoms with Crippen LogP contribution in [0.2, 0.25) is 0 Å². The predicted molar refractivity (Wildman–Crippen MR) is 166 cm³/mol. The highest BCUT2D eigenvalue weighted by atomic mass is 16.7. The summed E-state index contributed by atoms with van der Waals surface area (Å²) in [5.41, 5.74) is 3.88. The maximum absolute atomic E-state index is 13.5. The zero-order valence-corrected chi connectivity index (χ0v) is 24.9. The minimum absolute atomic E-state index is 0.253. The average Bonchev–Trinajstić information content (AvgIpc) is 3.40. The van der Waals surface area contributed by atoms with Crippen molar-refractivity contribution in [1.82, 2.24) is 21.0 Å². The number of anilines is 1. The van der Waals surface area contributed by atoms with E-state index in [9.17, 15) is 19.8 Å². The molecule has 3 amide bonds. The standard InChI is InChI=1S/C33H43N5O5/c1-24(40)30-29(23-39)43-38(31(30)32(41)34-17-10-18-37(2)28-15-7-4-8-16-28)22-27-14-9-13-26(19-27)21-36-33(42)35-20-25-11-5-3-6-12-25/h3-9,11-16,19,24,29-31,39-40H,10,17-18,20-23H2,1-2H3,(H,34,41)(H2,35,36,42)/t24-,29-,30+,31-/m1/s1. The molecule has 1 fully saturated rings. The number of aliphatic hydroxyl groups excluding tert-OH is 2. The zero-order valence-electron chi connectivity index (χ0n) is 24.9. The molecule has 43 heavy (non-hydrogen) atoms. The number of benzene rings is 3. The number of rotatable bonds is 14. The third-order valence-electron chi connectivity index (χ3n) is 7.63. The van der Waals surface area contributed by atoms with Gasteiger partial charge in [0.2, 0.25) is 5.91 Å². The van der Waals surface area contributed by atoms with Crippen LogP contribution >= 0.6 is 0 Å². The largest absolute Gasteiger partial charge is 0.394 e. The zero-order chi connectivity index (χ0) is 30.6. The molecule has 1 aliphatic heterocycles. The fraction of sp³-hybridized carbons (Fsp3) is 0.394. The van der Waals surface area contributed by atoms with E-state index in [4.69, 9.17) is 4.84 Å². The van der Waals surface area contributed by atoms with Gasteiger partial charge < -0.3 is 31.1 Å². The van der Waals surface area contributed by atoms with E-state index >= 15 is 0 Å². The van der Waals surface area contributed by atoms with Gasteiger partial charge >= 0.3 is 6.03 Å². The minimum Gasteiger partial charge on any atom is -0.394 e. The van der Waals surface area contributed by atoms with Gasteiger partial charge in [-0.05, 0) is 42.2 Å². The highest BCUT2D eigenvalue weighted by molar-refractivity contribution is 5.82. The normalized spacial score (nSPS) is 19.0. The number of carbonyl (C=O) groups is 2. The van der Waals surface area contributed by atoms with E-state index in [0.717, 1.165) is 35.3 Å². The van der Waals surface area contributed by atoms with Gasteiger partial charge in [-0.15, -0.1) is 0 Å². The Labute approximate surface area is 253 Å². The summed E-state index contributed by atoms with van der Waals surface area (Å²) in [5, 5.41) is 30.8. The molecule has 0 radical (unpaired) electrons. The van der Waals surface area contributed by atoms with Gasteiger partial charge in [-0.1, -0.05) is 72.8 Å². The van der Waals surface area contributed by atoms with Crippen LogP contribution in [0.3, 0.4) is 0 Å². The van der Waals surface area contributed by atoms with E-state index in [-0.39, 0.29) is 25.1 Å². The van der Waals surface area contributed by atoms with Crippen molar-refractivity contribution >= 4 is 17.6 Å². The lowest BCUT2D eigenvalue weighted by Crippen LogP contribution is -2.49. The lowest BCUT2D eigenvalue weighted by Gasteiger charge is -2.27. The molecule has 0 aliphatic carbocycles. The maximum Gasteiger partial charge on any atom is 0.315 e. The first kappa shape index (κ1) is 32.0. The van der Waals surface area contributed by atoms with E-state index in [1.165, 1.54) is 0 Å². The van der Waals surface area contributed by atoms with Crippen molar-refractivity contribution in [2.45, 2.75) is 51.2 Å².